The maximum Gasteiger partial charge on any atom is 0.307 e. The summed E-state index contributed by atoms with van der Waals surface area (Å²) >= 11 is 0. The predicted molar refractivity (Wildman–Crippen MR) is 78.0 cm³/mol. The Morgan fingerprint density at radius 2 is 1.65 bits per heavy atom. The Hall–Kier alpha value is -2.29. The van der Waals surface area contributed by atoms with Gasteiger partial charge in [0.25, 0.3) is 0 Å². The van der Waals surface area contributed by atoms with Gasteiger partial charge in [-0.1, -0.05) is 30.3 Å². The topological polar surface area (TPSA) is 46.5 Å². The summed E-state index contributed by atoms with van der Waals surface area (Å²) in [5.41, 5.74) is 4.28. The van der Waals surface area contributed by atoms with Crippen molar-refractivity contribution in [2.45, 2.75) is 26.9 Å². The van der Waals surface area contributed by atoms with Crippen molar-refractivity contribution in [1.29, 1.82) is 0 Å². The maximum absolute atomic E-state index is 10.6. The molecule has 0 amide bonds. The van der Waals surface area contributed by atoms with Gasteiger partial charge < -0.3 is 9.84 Å². The Labute approximate surface area is 118 Å². The molecule has 20 heavy (non-hydrogen) atoms. The van der Waals surface area contributed by atoms with Crippen LogP contribution in [0.5, 0.6) is 5.75 Å². The Bertz CT molecular complexity index is 600. The molecular formula is C17H18O3. The molecule has 2 aromatic carbocycles. The fraction of sp³-hybridized carbons (Fsp3) is 0.235. The summed E-state index contributed by atoms with van der Waals surface area (Å²) in [6.45, 7) is 4.61. The molecule has 3 nitrogen and oxygen atoms in total. The van der Waals surface area contributed by atoms with Crippen LogP contribution in [-0.2, 0) is 17.8 Å². The zero-order valence-corrected chi connectivity index (χ0v) is 11.7. The first-order valence-electron chi connectivity index (χ1n) is 6.54. The Morgan fingerprint density at radius 1 is 1.00 bits per heavy atom. The zero-order chi connectivity index (χ0) is 14.5. The van der Waals surface area contributed by atoms with Gasteiger partial charge in [-0.05, 0) is 48.2 Å². The van der Waals surface area contributed by atoms with Gasteiger partial charge in [0.15, 0.2) is 0 Å². The fourth-order valence-electron chi connectivity index (χ4n) is 1.90. The minimum absolute atomic E-state index is 0.0539. The third-order valence-electron chi connectivity index (χ3n) is 3.26. The van der Waals surface area contributed by atoms with E-state index in [1.807, 2.05) is 42.5 Å². The molecule has 0 fully saturated rings. The fourth-order valence-corrected chi connectivity index (χ4v) is 1.90. The van der Waals surface area contributed by atoms with Crippen molar-refractivity contribution in [2.24, 2.45) is 0 Å². The van der Waals surface area contributed by atoms with E-state index in [2.05, 4.69) is 13.8 Å². The van der Waals surface area contributed by atoms with Gasteiger partial charge in [0.05, 0.1) is 6.42 Å². The zero-order valence-electron chi connectivity index (χ0n) is 11.7. The van der Waals surface area contributed by atoms with E-state index < -0.39 is 5.97 Å². The number of carboxylic acids is 1. The highest BCUT2D eigenvalue weighted by Crippen LogP contribution is 2.18. The predicted octanol–water partition coefficient (Wildman–Crippen LogP) is 3.51. The quantitative estimate of drug-likeness (QED) is 0.904. The molecular weight excluding hydrogens is 252 g/mol. The van der Waals surface area contributed by atoms with Crippen LogP contribution in [0.15, 0.2) is 42.5 Å². The van der Waals surface area contributed by atoms with Gasteiger partial charge in [0, 0.05) is 0 Å². The van der Waals surface area contributed by atoms with E-state index >= 15 is 0 Å². The summed E-state index contributed by atoms with van der Waals surface area (Å²) < 4.78 is 5.73. The van der Waals surface area contributed by atoms with E-state index in [1.54, 1.807) is 0 Å². The molecule has 0 atom stereocenters. The summed E-state index contributed by atoms with van der Waals surface area (Å²) in [6, 6.07) is 13.5. The number of aryl methyl sites for hydroxylation is 2. The molecule has 0 aliphatic heterocycles. The molecule has 1 N–H and O–H groups in total. The highest BCUT2D eigenvalue weighted by atomic mass is 16.5. The SMILES string of the molecule is Cc1ccc(OCc2ccc(CC(=O)O)cc2)cc1C. The molecule has 0 aliphatic rings. The number of hydrogen-bond acceptors (Lipinski definition) is 2. The van der Waals surface area contributed by atoms with Crippen molar-refractivity contribution in [2.75, 3.05) is 0 Å². The average molecular weight is 270 g/mol. The van der Waals surface area contributed by atoms with Crippen molar-refractivity contribution < 1.29 is 14.6 Å². The van der Waals surface area contributed by atoms with E-state index in [9.17, 15) is 4.79 Å². The standard InChI is InChI=1S/C17H18O3/c1-12-3-8-16(9-13(12)2)20-11-15-6-4-14(5-7-15)10-17(18)19/h3-9H,10-11H2,1-2H3,(H,18,19). The van der Waals surface area contributed by atoms with Gasteiger partial charge in [0.1, 0.15) is 12.4 Å². The third-order valence-corrected chi connectivity index (χ3v) is 3.26. The van der Waals surface area contributed by atoms with Crippen molar-refractivity contribution in [3.8, 4) is 5.75 Å². The van der Waals surface area contributed by atoms with E-state index in [0.717, 1.165) is 16.9 Å². The second kappa shape index (κ2) is 6.24. The molecule has 0 aliphatic carbocycles. The number of carbonyl (C=O) groups is 1. The van der Waals surface area contributed by atoms with Crippen LogP contribution < -0.4 is 4.74 Å². The monoisotopic (exact) mass is 270 g/mol. The van der Waals surface area contributed by atoms with E-state index in [1.165, 1.54) is 11.1 Å². The normalized spacial score (nSPS) is 10.3. The van der Waals surface area contributed by atoms with Crippen LogP contribution in [0.1, 0.15) is 22.3 Å². The molecule has 2 aromatic rings. The lowest BCUT2D eigenvalue weighted by atomic mass is 10.1. The highest BCUT2D eigenvalue weighted by Gasteiger charge is 2.02. The Balaban J connectivity index is 1.96. The smallest absolute Gasteiger partial charge is 0.307 e. The van der Waals surface area contributed by atoms with Crippen LogP contribution in [-0.4, -0.2) is 11.1 Å². The van der Waals surface area contributed by atoms with Crippen LogP contribution in [0.2, 0.25) is 0 Å². The minimum atomic E-state index is -0.816. The van der Waals surface area contributed by atoms with Crippen LogP contribution in [0.3, 0.4) is 0 Å². The lowest BCUT2D eigenvalue weighted by molar-refractivity contribution is -0.136. The second-order valence-electron chi connectivity index (χ2n) is 4.92. The largest absolute Gasteiger partial charge is 0.489 e. The van der Waals surface area contributed by atoms with Crippen molar-refractivity contribution in [3.05, 3.63) is 64.7 Å². The van der Waals surface area contributed by atoms with Crippen molar-refractivity contribution in [3.63, 3.8) is 0 Å². The molecule has 0 aromatic heterocycles. The Morgan fingerprint density at radius 3 is 2.25 bits per heavy atom. The number of carboxylic acid groups (broad SMARTS) is 1. The molecule has 0 saturated carbocycles. The van der Waals surface area contributed by atoms with E-state index in [0.29, 0.717) is 6.61 Å². The Kier molecular flexibility index (Phi) is 4.41. The summed E-state index contributed by atoms with van der Waals surface area (Å²) in [5.74, 6) is 0.0341. The van der Waals surface area contributed by atoms with Crippen LogP contribution in [0, 0.1) is 13.8 Å². The average Bonchev–Trinajstić information content (AvgIpc) is 2.41. The summed E-state index contributed by atoms with van der Waals surface area (Å²) in [4.78, 5) is 10.6. The van der Waals surface area contributed by atoms with Gasteiger partial charge in [-0.3, -0.25) is 4.79 Å². The van der Waals surface area contributed by atoms with E-state index in [4.69, 9.17) is 9.84 Å². The number of benzene rings is 2. The summed E-state index contributed by atoms with van der Waals surface area (Å²) in [5, 5.41) is 8.71. The molecule has 0 radical (unpaired) electrons. The minimum Gasteiger partial charge on any atom is -0.489 e. The highest BCUT2D eigenvalue weighted by molar-refractivity contribution is 5.70. The van der Waals surface area contributed by atoms with Crippen LogP contribution in [0.25, 0.3) is 0 Å². The van der Waals surface area contributed by atoms with Crippen molar-refractivity contribution >= 4 is 5.97 Å². The van der Waals surface area contributed by atoms with Gasteiger partial charge in [0.2, 0.25) is 0 Å². The van der Waals surface area contributed by atoms with Gasteiger partial charge in [-0.2, -0.15) is 0 Å². The number of hydrogen-bond donors (Lipinski definition) is 1. The lowest BCUT2D eigenvalue weighted by Gasteiger charge is -2.09. The van der Waals surface area contributed by atoms with Gasteiger partial charge in [-0.25, -0.2) is 0 Å². The second-order valence-corrected chi connectivity index (χ2v) is 4.92. The summed E-state index contributed by atoms with van der Waals surface area (Å²) in [7, 11) is 0. The van der Waals surface area contributed by atoms with Crippen LogP contribution >= 0.6 is 0 Å². The maximum atomic E-state index is 10.6. The number of aliphatic carboxylic acids is 1. The molecule has 0 spiro atoms. The first-order valence-corrected chi connectivity index (χ1v) is 6.54. The molecule has 0 heterocycles. The molecule has 3 heteroatoms. The molecule has 0 unspecified atom stereocenters. The summed E-state index contributed by atoms with van der Waals surface area (Å²) in [6.07, 6.45) is 0.0539. The third kappa shape index (κ3) is 3.85. The van der Waals surface area contributed by atoms with Gasteiger partial charge >= 0.3 is 5.97 Å². The molecule has 2 rings (SSSR count). The molecule has 104 valence electrons. The number of ether oxygens (including phenoxy) is 1. The van der Waals surface area contributed by atoms with E-state index in [-0.39, 0.29) is 6.42 Å². The first kappa shape index (κ1) is 14.1. The molecule has 0 saturated heterocycles. The van der Waals surface area contributed by atoms with Crippen LogP contribution in [0.4, 0.5) is 0 Å². The van der Waals surface area contributed by atoms with Crippen molar-refractivity contribution in [1.82, 2.24) is 0 Å². The lowest BCUT2D eigenvalue weighted by Crippen LogP contribution is -2.01. The first-order chi connectivity index (χ1) is 9.54. The van der Waals surface area contributed by atoms with Gasteiger partial charge in [-0.15, -0.1) is 0 Å². The number of rotatable bonds is 5. The molecule has 0 bridgehead atoms.